The smallest absolute Gasteiger partial charge is 0.319 e. The Balaban J connectivity index is 2.43. The molecule has 0 radical (unpaired) electrons. The molecule has 3 N–H and O–H groups in total. The highest BCUT2D eigenvalue weighted by Crippen LogP contribution is 2.17. The topological polar surface area (TPSA) is 70.2 Å². The van der Waals surface area contributed by atoms with Gasteiger partial charge in [0.1, 0.15) is 0 Å². The molecule has 0 aliphatic heterocycles. The number of carbonyl (C=O) groups is 2. The molecule has 0 saturated carbocycles. The first-order chi connectivity index (χ1) is 9.04. The van der Waals surface area contributed by atoms with Crippen molar-refractivity contribution in [3.8, 4) is 0 Å². The quantitative estimate of drug-likeness (QED) is 0.760. The highest BCUT2D eigenvalue weighted by molar-refractivity contribution is 5.92. The van der Waals surface area contributed by atoms with E-state index in [1.54, 1.807) is 0 Å². The molecule has 0 fully saturated rings. The molecule has 0 bridgehead atoms. The third-order valence-electron chi connectivity index (χ3n) is 2.83. The van der Waals surface area contributed by atoms with Gasteiger partial charge in [0, 0.05) is 12.2 Å². The number of anilines is 1. The standard InChI is InChI=1S/C14H21N3O2/c1-4-8-15-13(18)9-16-14(19)17-12-7-5-6-10(2)11(12)3/h5-7H,4,8-9H2,1-3H3,(H,15,18)(H2,16,17,19). The van der Waals surface area contributed by atoms with Crippen molar-refractivity contribution in [2.45, 2.75) is 27.2 Å². The maximum absolute atomic E-state index is 11.7. The van der Waals surface area contributed by atoms with Crippen LogP contribution in [0.2, 0.25) is 0 Å². The van der Waals surface area contributed by atoms with Gasteiger partial charge >= 0.3 is 6.03 Å². The molecule has 1 rings (SSSR count). The molecule has 1 aromatic rings. The van der Waals surface area contributed by atoms with E-state index in [1.807, 2.05) is 39.0 Å². The van der Waals surface area contributed by atoms with Gasteiger partial charge in [0.05, 0.1) is 6.54 Å². The molecule has 0 saturated heterocycles. The van der Waals surface area contributed by atoms with Crippen LogP contribution in [0.25, 0.3) is 0 Å². The second kappa shape index (κ2) is 7.41. The van der Waals surface area contributed by atoms with E-state index in [4.69, 9.17) is 0 Å². The van der Waals surface area contributed by atoms with Gasteiger partial charge in [0.25, 0.3) is 0 Å². The first-order valence-corrected chi connectivity index (χ1v) is 6.42. The van der Waals surface area contributed by atoms with Crippen LogP contribution >= 0.6 is 0 Å². The molecule has 0 heterocycles. The highest BCUT2D eigenvalue weighted by atomic mass is 16.2. The minimum atomic E-state index is -0.375. The summed E-state index contributed by atoms with van der Waals surface area (Å²) in [5.41, 5.74) is 2.89. The lowest BCUT2D eigenvalue weighted by molar-refractivity contribution is -0.120. The zero-order chi connectivity index (χ0) is 14.3. The SMILES string of the molecule is CCCNC(=O)CNC(=O)Nc1cccc(C)c1C. The summed E-state index contributed by atoms with van der Waals surface area (Å²) in [6.07, 6.45) is 0.875. The number of hydrogen-bond acceptors (Lipinski definition) is 2. The van der Waals surface area contributed by atoms with Crippen LogP contribution < -0.4 is 16.0 Å². The van der Waals surface area contributed by atoms with Crippen LogP contribution in [-0.2, 0) is 4.79 Å². The Kier molecular flexibility index (Phi) is 5.85. The molecule has 0 aliphatic carbocycles. The zero-order valence-corrected chi connectivity index (χ0v) is 11.7. The average molecular weight is 263 g/mol. The fourth-order valence-corrected chi connectivity index (χ4v) is 1.54. The molecule has 19 heavy (non-hydrogen) atoms. The summed E-state index contributed by atoms with van der Waals surface area (Å²) in [7, 11) is 0. The van der Waals surface area contributed by atoms with Gasteiger partial charge in [-0.05, 0) is 37.5 Å². The zero-order valence-electron chi connectivity index (χ0n) is 11.7. The summed E-state index contributed by atoms with van der Waals surface area (Å²) in [4.78, 5) is 23.0. The lowest BCUT2D eigenvalue weighted by atomic mass is 10.1. The molecule has 104 valence electrons. The second-order valence-electron chi connectivity index (χ2n) is 4.41. The average Bonchev–Trinajstić information content (AvgIpc) is 2.39. The van der Waals surface area contributed by atoms with Crippen LogP contribution in [0.5, 0.6) is 0 Å². The number of rotatable bonds is 5. The number of benzene rings is 1. The number of nitrogens with one attached hydrogen (secondary N) is 3. The maximum Gasteiger partial charge on any atom is 0.319 e. The van der Waals surface area contributed by atoms with Gasteiger partial charge in [0.15, 0.2) is 0 Å². The summed E-state index contributed by atoms with van der Waals surface area (Å²) >= 11 is 0. The Morgan fingerprint density at radius 2 is 1.89 bits per heavy atom. The Bertz CT molecular complexity index is 458. The van der Waals surface area contributed by atoms with E-state index in [-0.39, 0.29) is 18.5 Å². The van der Waals surface area contributed by atoms with Crippen molar-refractivity contribution in [1.29, 1.82) is 0 Å². The van der Waals surface area contributed by atoms with Gasteiger partial charge in [-0.1, -0.05) is 19.1 Å². The predicted octanol–water partition coefficient (Wildman–Crippen LogP) is 1.95. The fourth-order valence-electron chi connectivity index (χ4n) is 1.54. The number of amides is 3. The molecule has 0 spiro atoms. The van der Waals surface area contributed by atoms with Gasteiger partial charge in [-0.15, -0.1) is 0 Å². The van der Waals surface area contributed by atoms with Crippen molar-refractivity contribution in [1.82, 2.24) is 10.6 Å². The van der Waals surface area contributed by atoms with Gasteiger partial charge < -0.3 is 16.0 Å². The lowest BCUT2D eigenvalue weighted by Gasteiger charge is -2.11. The summed E-state index contributed by atoms with van der Waals surface area (Å²) in [6, 6.07) is 5.32. The number of urea groups is 1. The number of aryl methyl sites for hydroxylation is 1. The van der Waals surface area contributed by atoms with Crippen molar-refractivity contribution in [3.05, 3.63) is 29.3 Å². The highest BCUT2D eigenvalue weighted by Gasteiger charge is 2.07. The molecule has 1 aromatic carbocycles. The molecule has 0 aliphatic rings. The number of hydrogen-bond donors (Lipinski definition) is 3. The van der Waals surface area contributed by atoms with Gasteiger partial charge in [-0.2, -0.15) is 0 Å². The van der Waals surface area contributed by atoms with Crippen molar-refractivity contribution in [2.24, 2.45) is 0 Å². The number of carbonyl (C=O) groups excluding carboxylic acids is 2. The maximum atomic E-state index is 11.7. The third-order valence-corrected chi connectivity index (χ3v) is 2.83. The van der Waals surface area contributed by atoms with Crippen molar-refractivity contribution in [3.63, 3.8) is 0 Å². The van der Waals surface area contributed by atoms with E-state index in [0.29, 0.717) is 6.54 Å². The van der Waals surface area contributed by atoms with E-state index in [1.165, 1.54) is 0 Å². The Morgan fingerprint density at radius 1 is 1.16 bits per heavy atom. The second-order valence-corrected chi connectivity index (χ2v) is 4.41. The van der Waals surface area contributed by atoms with E-state index in [2.05, 4.69) is 16.0 Å². The van der Waals surface area contributed by atoms with E-state index >= 15 is 0 Å². The minimum Gasteiger partial charge on any atom is -0.355 e. The molecular formula is C14H21N3O2. The molecule has 3 amide bonds. The van der Waals surface area contributed by atoms with E-state index in [0.717, 1.165) is 23.2 Å². The van der Waals surface area contributed by atoms with Crippen LogP contribution in [0.1, 0.15) is 24.5 Å². The molecule has 0 atom stereocenters. The normalized spacial score (nSPS) is 9.84. The monoisotopic (exact) mass is 263 g/mol. The molecule has 5 heteroatoms. The third kappa shape index (κ3) is 4.99. The molecular weight excluding hydrogens is 242 g/mol. The van der Waals surface area contributed by atoms with Crippen LogP contribution in [0.15, 0.2) is 18.2 Å². The molecule has 0 unspecified atom stereocenters. The van der Waals surface area contributed by atoms with Crippen molar-refractivity contribution >= 4 is 17.6 Å². The first kappa shape index (κ1) is 15.0. The summed E-state index contributed by atoms with van der Waals surface area (Å²) in [5.74, 6) is -0.182. The summed E-state index contributed by atoms with van der Waals surface area (Å²) in [5, 5.41) is 7.95. The minimum absolute atomic E-state index is 0.0172. The Hall–Kier alpha value is -2.04. The van der Waals surface area contributed by atoms with E-state index < -0.39 is 0 Å². The van der Waals surface area contributed by atoms with Gasteiger partial charge in [0.2, 0.25) is 5.91 Å². The summed E-state index contributed by atoms with van der Waals surface area (Å²) in [6.45, 7) is 6.51. The molecule has 0 aromatic heterocycles. The fraction of sp³-hybridized carbons (Fsp3) is 0.429. The van der Waals surface area contributed by atoms with Crippen LogP contribution in [0, 0.1) is 13.8 Å². The van der Waals surface area contributed by atoms with Crippen LogP contribution in [-0.4, -0.2) is 25.0 Å². The first-order valence-electron chi connectivity index (χ1n) is 6.42. The Labute approximate surface area is 113 Å². The van der Waals surface area contributed by atoms with Crippen LogP contribution in [0.4, 0.5) is 10.5 Å². The Morgan fingerprint density at radius 3 is 2.58 bits per heavy atom. The van der Waals surface area contributed by atoms with Crippen molar-refractivity contribution < 1.29 is 9.59 Å². The van der Waals surface area contributed by atoms with Gasteiger partial charge in [-0.3, -0.25) is 4.79 Å². The summed E-state index contributed by atoms with van der Waals surface area (Å²) < 4.78 is 0. The van der Waals surface area contributed by atoms with E-state index in [9.17, 15) is 9.59 Å². The van der Waals surface area contributed by atoms with Gasteiger partial charge in [-0.25, -0.2) is 4.79 Å². The van der Waals surface area contributed by atoms with Crippen molar-refractivity contribution in [2.75, 3.05) is 18.4 Å². The largest absolute Gasteiger partial charge is 0.355 e. The molecule has 5 nitrogen and oxygen atoms in total. The van der Waals surface area contributed by atoms with Crippen LogP contribution in [0.3, 0.4) is 0 Å². The predicted molar refractivity (Wildman–Crippen MR) is 76.2 cm³/mol. The lowest BCUT2D eigenvalue weighted by Crippen LogP contribution is -2.39.